The van der Waals surface area contributed by atoms with Gasteiger partial charge in [-0.15, -0.1) is 0 Å². The predicted molar refractivity (Wildman–Crippen MR) is 164 cm³/mol. The number of rotatable bonds is 12. The Balaban J connectivity index is 1.38. The Bertz CT molecular complexity index is 1140. The van der Waals surface area contributed by atoms with Crippen LogP contribution in [-0.4, -0.2) is 73.4 Å². The van der Waals surface area contributed by atoms with Crippen molar-refractivity contribution >= 4 is 25.8 Å². The number of aryl methyl sites for hydroxylation is 1. The Morgan fingerprint density at radius 1 is 1.10 bits per heavy atom. The third kappa shape index (κ3) is 8.72. The highest BCUT2D eigenvalue weighted by Crippen LogP contribution is 2.45. The Kier molecular flexibility index (Phi) is 11.1. The molecule has 0 aromatic heterocycles. The van der Waals surface area contributed by atoms with Crippen LogP contribution in [0, 0.1) is 11.8 Å². The fourth-order valence-electron chi connectivity index (χ4n) is 6.56. The van der Waals surface area contributed by atoms with Crippen LogP contribution in [0.25, 0.3) is 0 Å². The number of carbonyl (C=O) groups excluding carboxylic acids is 2. The molecule has 5 atom stereocenters. The minimum Gasteiger partial charge on any atom is -0.432 e. The van der Waals surface area contributed by atoms with Crippen LogP contribution >= 0.6 is 0 Å². The van der Waals surface area contributed by atoms with Crippen LogP contribution in [0.5, 0.6) is 0 Å². The minimum absolute atomic E-state index is 0.00344. The summed E-state index contributed by atoms with van der Waals surface area (Å²) in [4.78, 5) is 39.0. The van der Waals surface area contributed by atoms with Crippen molar-refractivity contribution in [2.75, 3.05) is 31.6 Å². The molecule has 4 rings (SSSR count). The van der Waals surface area contributed by atoms with Gasteiger partial charge in [-0.25, -0.2) is 0 Å². The van der Waals surface area contributed by atoms with E-state index >= 15 is 0 Å². The minimum atomic E-state index is -2.64. The smallest absolute Gasteiger partial charge is 0.228 e. The van der Waals surface area contributed by atoms with Crippen molar-refractivity contribution in [2.45, 2.75) is 76.4 Å². The molecule has 0 spiro atoms. The second-order valence-electron chi connectivity index (χ2n) is 12.3. The van der Waals surface area contributed by atoms with Gasteiger partial charge >= 0.3 is 0 Å². The highest BCUT2D eigenvalue weighted by molar-refractivity contribution is 6.71. The summed E-state index contributed by atoms with van der Waals surface area (Å²) in [6, 6.07) is 17.8. The first-order valence-electron chi connectivity index (χ1n) is 15.1. The van der Waals surface area contributed by atoms with Crippen molar-refractivity contribution in [3.8, 4) is 0 Å². The zero-order valence-corrected chi connectivity index (χ0v) is 25.7. The molecule has 2 aliphatic rings. The summed E-state index contributed by atoms with van der Waals surface area (Å²) >= 11 is 0. The van der Waals surface area contributed by atoms with E-state index in [4.69, 9.17) is 4.74 Å². The topological polar surface area (TPSA) is 111 Å². The summed E-state index contributed by atoms with van der Waals surface area (Å²) in [5.41, 5.74) is 2.87. The molecule has 2 aliphatic heterocycles. The first-order chi connectivity index (χ1) is 19.7. The molecule has 2 saturated heterocycles. The largest absolute Gasteiger partial charge is 0.432 e. The fraction of sp³-hybridized carbons (Fsp3) is 0.562. The summed E-state index contributed by atoms with van der Waals surface area (Å²) in [6.07, 6.45) is 3.22. The number of aliphatic hydroxyl groups excluding tert-OH is 1. The third-order valence-corrected chi connectivity index (χ3v) is 11.1. The summed E-state index contributed by atoms with van der Waals surface area (Å²) < 4.78 is 6.55. The maximum Gasteiger partial charge on any atom is 0.228 e. The number of piperidine rings is 1. The molecule has 0 aliphatic carbocycles. The molecule has 224 valence electrons. The number of hydrogen-bond acceptors (Lipinski definition) is 6. The molecular formula is C32H47N3O5Si. The number of nitrogens with one attached hydrogen (secondary N) is 2. The van der Waals surface area contributed by atoms with E-state index in [1.54, 1.807) is 4.90 Å². The SMILES string of the molecule is C[C@@H]1[C@@H]([Si](C)(C)O)[C@H](CC(=O)N(CCO)Cc2ccccc2)O[C@@H]1CCc1cccc(NC(=O)C2CCCNC2)c1. The second kappa shape index (κ2) is 14.6. The summed E-state index contributed by atoms with van der Waals surface area (Å²) in [5.74, 6) is 0.112. The van der Waals surface area contributed by atoms with Gasteiger partial charge in [0.1, 0.15) is 0 Å². The molecule has 0 bridgehead atoms. The van der Waals surface area contributed by atoms with Gasteiger partial charge in [0, 0.05) is 30.9 Å². The molecule has 1 unspecified atom stereocenters. The molecule has 2 aromatic rings. The molecule has 2 heterocycles. The number of aliphatic hydroxyl groups is 1. The quantitative estimate of drug-likeness (QED) is 0.283. The van der Waals surface area contributed by atoms with Gasteiger partial charge in [0.05, 0.1) is 31.2 Å². The van der Waals surface area contributed by atoms with Crippen molar-refractivity contribution in [1.82, 2.24) is 10.2 Å². The molecule has 9 heteroatoms. The van der Waals surface area contributed by atoms with Crippen LogP contribution in [0.4, 0.5) is 5.69 Å². The van der Waals surface area contributed by atoms with E-state index < -0.39 is 8.32 Å². The molecule has 4 N–H and O–H groups in total. The predicted octanol–water partition coefficient (Wildman–Crippen LogP) is 3.94. The van der Waals surface area contributed by atoms with Crippen LogP contribution in [0.2, 0.25) is 18.6 Å². The first kappa shape index (κ1) is 31.4. The van der Waals surface area contributed by atoms with Gasteiger partial charge in [-0.1, -0.05) is 49.4 Å². The van der Waals surface area contributed by atoms with Crippen LogP contribution < -0.4 is 10.6 Å². The van der Waals surface area contributed by atoms with Gasteiger partial charge in [-0.3, -0.25) is 9.59 Å². The molecule has 2 fully saturated rings. The first-order valence-corrected chi connectivity index (χ1v) is 18.1. The van der Waals surface area contributed by atoms with E-state index in [0.717, 1.165) is 55.6 Å². The van der Waals surface area contributed by atoms with Gasteiger partial charge < -0.3 is 30.2 Å². The summed E-state index contributed by atoms with van der Waals surface area (Å²) in [7, 11) is -2.64. The van der Waals surface area contributed by atoms with Gasteiger partial charge in [-0.05, 0) is 74.5 Å². The zero-order valence-electron chi connectivity index (χ0n) is 24.7. The van der Waals surface area contributed by atoms with E-state index in [1.165, 1.54) is 0 Å². The Labute approximate surface area is 245 Å². The lowest BCUT2D eigenvalue weighted by Gasteiger charge is -2.31. The number of carbonyl (C=O) groups is 2. The van der Waals surface area contributed by atoms with Gasteiger partial charge in [0.25, 0.3) is 0 Å². The van der Waals surface area contributed by atoms with Gasteiger partial charge in [0.15, 0.2) is 8.32 Å². The molecule has 2 aromatic carbocycles. The maximum absolute atomic E-state index is 13.4. The lowest BCUT2D eigenvalue weighted by molar-refractivity contribution is -0.135. The monoisotopic (exact) mass is 581 g/mol. The standard InChI is InChI=1S/C32H47N3O5Si/c1-23-28(15-14-24-11-7-13-27(19-24)34-32(38)26-12-8-16-33-21-26)40-29(31(23)41(2,3)39)20-30(37)35(17-18-36)22-25-9-5-4-6-10-25/h4-7,9-11,13,19,23,26,28-29,31,33,36,39H,8,12,14-18,20-22H2,1-3H3,(H,34,38)/t23-,26?,28+,29-,31+/m0/s1. The van der Waals surface area contributed by atoms with Crippen LogP contribution in [0.1, 0.15) is 43.7 Å². The number of amides is 2. The average Bonchev–Trinajstić information content (AvgIpc) is 3.27. The van der Waals surface area contributed by atoms with Crippen molar-refractivity contribution in [2.24, 2.45) is 11.8 Å². The molecular weight excluding hydrogens is 534 g/mol. The number of ether oxygens (including phenoxy) is 1. The Morgan fingerprint density at radius 2 is 1.85 bits per heavy atom. The fourth-order valence-corrected chi connectivity index (χ4v) is 9.17. The molecule has 0 radical (unpaired) electrons. The number of nitrogens with zero attached hydrogens (tertiary/aromatic N) is 1. The highest BCUT2D eigenvalue weighted by Gasteiger charge is 2.50. The van der Waals surface area contributed by atoms with Crippen LogP contribution in [-0.2, 0) is 27.3 Å². The molecule has 0 saturated carbocycles. The van der Waals surface area contributed by atoms with E-state index in [1.807, 2.05) is 61.6 Å². The highest BCUT2D eigenvalue weighted by atomic mass is 28.4. The number of benzene rings is 2. The van der Waals surface area contributed by atoms with E-state index in [9.17, 15) is 19.5 Å². The lowest BCUT2D eigenvalue weighted by Crippen LogP contribution is -2.42. The lowest BCUT2D eigenvalue weighted by atomic mass is 9.95. The normalized spacial score (nSPS) is 24.7. The average molecular weight is 582 g/mol. The summed E-state index contributed by atoms with van der Waals surface area (Å²) in [5, 5.41) is 16.0. The van der Waals surface area contributed by atoms with Crippen molar-refractivity contribution < 1.29 is 24.2 Å². The Hall–Kier alpha value is -2.56. The number of anilines is 1. The Morgan fingerprint density at radius 3 is 2.54 bits per heavy atom. The molecule has 8 nitrogen and oxygen atoms in total. The van der Waals surface area contributed by atoms with E-state index in [2.05, 4.69) is 23.6 Å². The summed E-state index contributed by atoms with van der Waals surface area (Å²) in [6.45, 7) is 8.28. The maximum atomic E-state index is 13.4. The van der Waals surface area contributed by atoms with E-state index in [0.29, 0.717) is 6.54 Å². The van der Waals surface area contributed by atoms with Crippen LogP contribution in [0.3, 0.4) is 0 Å². The molecule has 41 heavy (non-hydrogen) atoms. The second-order valence-corrected chi connectivity index (χ2v) is 16.2. The third-order valence-electron chi connectivity index (χ3n) is 8.61. The van der Waals surface area contributed by atoms with Crippen molar-refractivity contribution in [3.63, 3.8) is 0 Å². The number of hydrogen-bond donors (Lipinski definition) is 4. The van der Waals surface area contributed by atoms with Gasteiger partial charge in [0.2, 0.25) is 11.8 Å². The van der Waals surface area contributed by atoms with Crippen molar-refractivity contribution in [1.29, 1.82) is 0 Å². The van der Waals surface area contributed by atoms with E-state index in [-0.39, 0.29) is 61.0 Å². The molecule has 2 amide bonds. The zero-order chi connectivity index (χ0) is 29.4. The van der Waals surface area contributed by atoms with Crippen LogP contribution in [0.15, 0.2) is 54.6 Å². The van der Waals surface area contributed by atoms with Crippen molar-refractivity contribution in [3.05, 3.63) is 65.7 Å². The van der Waals surface area contributed by atoms with Gasteiger partial charge in [-0.2, -0.15) is 0 Å².